The molecule has 0 aliphatic heterocycles. The van der Waals surface area contributed by atoms with Crippen LogP contribution in [0.25, 0.3) is 10.9 Å². The van der Waals surface area contributed by atoms with E-state index in [2.05, 4.69) is 27.8 Å². The standard InChI is InChI=1S/C20H23N3O2/c1-2-25-19-10-6-5-9-18(19)23-20(24)14-21-12-11-15-13-22-17-8-4-3-7-16(15)17/h3-10,13,21-22H,2,11-12,14H2,1H3,(H,23,24). The van der Waals surface area contributed by atoms with E-state index in [1.165, 1.54) is 10.9 Å². The Bertz CT molecular complexity index is 842. The number of amides is 1. The number of anilines is 1. The van der Waals surface area contributed by atoms with Crippen LogP contribution in [0.5, 0.6) is 5.75 Å². The summed E-state index contributed by atoms with van der Waals surface area (Å²) in [5.74, 6) is 0.614. The average Bonchev–Trinajstić information content (AvgIpc) is 3.04. The van der Waals surface area contributed by atoms with E-state index in [0.29, 0.717) is 18.0 Å². The van der Waals surface area contributed by atoms with E-state index in [1.54, 1.807) is 0 Å². The number of H-pyrrole nitrogens is 1. The Hall–Kier alpha value is -2.79. The topological polar surface area (TPSA) is 66.2 Å². The van der Waals surface area contributed by atoms with Gasteiger partial charge in [-0.25, -0.2) is 0 Å². The molecule has 0 atom stereocenters. The van der Waals surface area contributed by atoms with Gasteiger partial charge in [0.05, 0.1) is 18.8 Å². The lowest BCUT2D eigenvalue weighted by atomic mass is 10.1. The Kier molecular flexibility index (Phi) is 5.69. The maximum absolute atomic E-state index is 12.1. The minimum atomic E-state index is -0.0777. The van der Waals surface area contributed by atoms with Crippen LogP contribution in [0.2, 0.25) is 0 Å². The number of hydrogen-bond donors (Lipinski definition) is 3. The highest BCUT2D eigenvalue weighted by atomic mass is 16.5. The number of para-hydroxylation sites is 3. The predicted molar refractivity (Wildman–Crippen MR) is 101 cm³/mol. The van der Waals surface area contributed by atoms with Gasteiger partial charge in [0, 0.05) is 17.1 Å². The molecule has 0 saturated heterocycles. The van der Waals surface area contributed by atoms with Crippen molar-refractivity contribution in [2.45, 2.75) is 13.3 Å². The van der Waals surface area contributed by atoms with Gasteiger partial charge < -0.3 is 20.4 Å². The fourth-order valence-corrected chi connectivity index (χ4v) is 2.81. The van der Waals surface area contributed by atoms with Crippen molar-refractivity contribution in [2.75, 3.05) is 25.0 Å². The smallest absolute Gasteiger partial charge is 0.238 e. The van der Waals surface area contributed by atoms with Crippen LogP contribution in [-0.4, -0.2) is 30.6 Å². The molecule has 0 radical (unpaired) electrons. The number of benzene rings is 2. The number of fused-ring (bicyclic) bond motifs is 1. The number of ether oxygens (including phenoxy) is 1. The summed E-state index contributed by atoms with van der Waals surface area (Å²) >= 11 is 0. The van der Waals surface area contributed by atoms with Crippen LogP contribution >= 0.6 is 0 Å². The second kappa shape index (κ2) is 8.35. The maximum Gasteiger partial charge on any atom is 0.238 e. The van der Waals surface area contributed by atoms with Crippen LogP contribution < -0.4 is 15.4 Å². The molecular formula is C20H23N3O2. The molecule has 0 aliphatic rings. The van der Waals surface area contributed by atoms with Crippen molar-refractivity contribution in [1.82, 2.24) is 10.3 Å². The third-order valence-electron chi connectivity index (χ3n) is 3.99. The van der Waals surface area contributed by atoms with Gasteiger partial charge in [-0.1, -0.05) is 30.3 Å². The zero-order chi connectivity index (χ0) is 17.5. The monoisotopic (exact) mass is 337 g/mol. The zero-order valence-corrected chi connectivity index (χ0v) is 14.3. The summed E-state index contributed by atoms with van der Waals surface area (Å²) in [5, 5.41) is 7.31. The second-order valence-corrected chi connectivity index (χ2v) is 5.76. The van der Waals surface area contributed by atoms with E-state index in [0.717, 1.165) is 18.5 Å². The van der Waals surface area contributed by atoms with E-state index in [9.17, 15) is 4.79 Å². The first kappa shape index (κ1) is 17.0. The summed E-state index contributed by atoms with van der Waals surface area (Å²) in [6.45, 7) is 3.49. The molecule has 0 fully saturated rings. The van der Waals surface area contributed by atoms with Gasteiger partial charge in [0.2, 0.25) is 5.91 Å². The Balaban J connectivity index is 1.47. The highest BCUT2D eigenvalue weighted by Crippen LogP contribution is 2.23. The molecule has 130 valence electrons. The van der Waals surface area contributed by atoms with Crippen molar-refractivity contribution in [1.29, 1.82) is 0 Å². The number of aromatic nitrogens is 1. The molecule has 3 aromatic rings. The Morgan fingerprint density at radius 1 is 1.12 bits per heavy atom. The summed E-state index contributed by atoms with van der Waals surface area (Å²) in [7, 11) is 0. The third-order valence-corrected chi connectivity index (χ3v) is 3.99. The number of nitrogens with one attached hydrogen (secondary N) is 3. The number of aromatic amines is 1. The Morgan fingerprint density at radius 3 is 2.80 bits per heavy atom. The largest absolute Gasteiger partial charge is 0.492 e. The molecule has 0 bridgehead atoms. The van der Waals surface area contributed by atoms with Crippen molar-refractivity contribution < 1.29 is 9.53 Å². The quantitative estimate of drug-likeness (QED) is 0.552. The maximum atomic E-state index is 12.1. The van der Waals surface area contributed by atoms with Crippen LogP contribution in [0.15, 0.2) is 54.7 Å². The van der Waals surface area contributed by atoms with Crippen LogP contribution in [0.4, 0.5) is 5.69 Å². The van der Waals surface area contributed by atoms with Crippen LogP contribution in [-0.2, 0) is 11.2 Å². The number of carbonyl (C=O) groups is 1. The van der Waals surface area contributed by atoms with E-state index < -0.39 is 0 Å². The molecule has 1 heterocycles. The molecule has 1 amide bonds. The predicted octanol–water partition coefficient (Wildman–Crippen LogP) is 3.34. The van der Waals surface area contributed by atoms with Crippen LogP contribution in [0, 0.1) is 0 Å². The minimum Gasteiger partial charge on any atom is -0.492 e. The van der Waals surface area contributed by atoms with Crippen LogP contribution in [0.1, 0.15) is 12.5 Å². The summed E-state index contributed by atoms with van der Waals surface area (Å²) in [6, 6.07) is 15.7. The lowest BCUT2D eigenvalue weighted by Gasteiger charge is -2.11. The van der Waals surface area contributed by atoms with E-state index in [4.69, 9.17) is 4.74 Å². The molecule has 5 nitrogen and oxygen atoms in total. The summed E-state index contributed by atoms with van der Waals surface area (Å²) < 4.78 is 5.51. The van der Waals surface area contributed by atoms with Gasteiger partial charge in [0.1, 0.15) is 5.75 Å². The summed E-state index contributed by atoms with van der Waals surface area (Å²) in [4.78, 5) is 15.4. The lowest BCUT2D eigenvalue weighted by molar-refractivity contribution is -0.115. The number of carbonyl (C=O) groups excluding carboxylic acids is 1. The van der Waals surface area contributed by atoms with E-state index >= 15 is 0 Å². The molecule has 0 saturated carbocycles. The third kappa shape index (κ3) is 4.39. The number of rotatable bonds is 8. The van der Waals surface area contributed by atoms with Crippen molar-refractivity contribution >= 4 is 22.5 Å². The van der Waals surface area contributed by atoms with Gasteiger partial charge in [-0.2, -0.15) is 0 Å². The highest BCUT2D eigenvalue weighted by molar-refractivity contribution is 5.93. The van der Waals surface area contributed by atoms with Gasteiger partial charge in [-0.15, -0.1) is 0 Å². The van der Waals surface area contributed by atoms with Crippen molar-refractivity contribution in [3.63, 3.8) is 0 Å². The Labute approximate surface area is 147 Å². The molecule has 1 aromatic heterocycles. The molecule has 25 heavy (non-hydrogen) atoms. The minimum absolute atomic E-state index is 0.0777. The fourth-order valence-electron chi connectivity index (χ4n) is 2.81. The molecule has 3 N–H and O–H groups in total. The van der Waals surface area contributed by atoms with Gasteiger partial charge in [0.15, 0.2) is 0 Å². The molecule has 3 rings (SSSR count). The fraction of sp³-hybridized carbons (Fsp3) is 0.250. The van der Waals surface area contributed by atoms with E-state index in [-0.39, 0.29) is 12.5 Å². The average molecular weight is 337 g/mol. The SMILES string of the molecule is CCOc1ccccc1NC(=O)CNCCc1c[nH]c2ccccc12. The van der Waals surface area contributed by atoms with Gasteiger partial charge >= 0.3 is 0 Å². The van der Waals surface area contributed by atoms with E-state index in [1.807, 2.05) is 49.5 Å². The zero-order valence-electron chi connectivity index (χ0n) is 14.3. The number of hydrogen-bond acceptors (Lipinski definition) is 3. The normalized spacial score (nSPS) is 10.8. The van der Waals surface area contributed by atoms with Crippen molar-refractivity contribution in [2.24, 2.45) is 0 Å². The first-order valence-corrected chi connectivity index (χ1v) is 8.55. The molecule has 0 spiro atoms. The summed E-state index contributed by atoms with van der Waals surface area (Å²) in [5.41, 5.74) is 3.10. The first-order chi connectivity index (χ1) is 12.3. The van der Waals surface area contributed by atoms with Crippen molar-refractivity contribution in [3.05, 3.63) is 60.3 Å². The van der Waals surface area contributed by atoms with Crippen molar-refractivity contribution in [3.8, 4) is 5.75 Å². The molecule has 2 aromatic carbocycles. The van der Waals surface area contributed by atoms with Gasteiger partial charge in [-0.3, -0.25) is 4.79 Å². The first-order valence-electron chi connectivity index (χ1n) is 8.55. The molecule has 0 aliphatic carbocycles. The van der Waals surface area contributed by atoms with Gasteiger partial charge in [0.25, 0.3) is 0 Å². The molecule has 5 heteroatoms. The second-order valence-electron chi connectivity index (χ2n) is 5.76. The van der Waals surface area contributed by atoms with Gasteiger partial charge in [-0.05, 0) is 43.7 Å². The lowest BCUT2D eigenvalue weighted by Crippen LogP contribution is -2.29. The molecular weight excluding hydrogens is 314 g/mol. The molecule has 0 unspecified atom stereocenters. The van der Waals surface area contributed by atoms with Crippen LogP contribution in [0.3, 0.4) is 0 Å². The Morgan fingerprint density at radius 2 is 1.92 bits per heavy atom. The summed E-state index contributed by atoms with van der Waals surface area (Å²) in [6.07, 6.45) is 2.90. The highest BCUT2D eigenvalue weighted by Gasteiger charge is 2.07.